The number of ether oxygens (including phenoxy) is 3. The first-order chi connectivity index (χ1) is 15.1. The Bertz CT molecular complexity index is 1050. The zero-order chi connectivity index (χ0) is 21.6. The Hall–Kier alpha value is -2.97. The van der Waals surface area contributed by atoms with Gasteiger partial charge in [0.2, 0.25) is 0 Å². The molecule has 8 heteroatoms. The zero-order valence-electron chi connectivity index (χ0n) is 17.1. The van der Waals surface area contributed by atoms with Gasteiger partial charge in [-0.1, -0.05) is 18.2 Å². The van der Waals surface area contributed by atoms with Crippen LogP contribution in [0.1, 0.15) is 28.9 Å². The molecule has 3 aromatic rings. The van der Waals surface area contributed by atoms with E-state index in [2.05, 4.69) is 10.3 Å². The molecule has 4 rings (SSSR count). The van der Waals surface area contributed by atoms with Crippen molar-refractivity contribution in [3.63, 3.8) is 0 Å². The summed E-state index contributed by atoms with van der Waals surface area (Å²) in [6, 6.07) is 11.9. The molecule has 1 amide bonds. The number of benzene rings is 2. The van der Waals surface area contributed by atoms with Gasteiger partial charge in [0, 0.05) is 24.1 Å². The van der Waals surface area contributed by atoms with Gasteiger partial charge in [-0.05, 0) is 42.7 Å². The number of rotatable bonds is 8. The molecule has 2 heterocycles. The molecule has 0 spiro atoms. The number of carbonyl (C=O) groups is 1. The fourth-order valence-corrected chi connectivity index (χ4v) is 4.14. The monoisotopic (exact) mass is 442 g/mol. The number of hydrogen-bond donors (Lipinski definition) is 1. The van der Waals surface area contributed by atoms with E-state index in [0.717, 1.165) is 25.0 Å². The Morgan fingerprint density at radius 3 is 2.94 bits per heavy atom. The Labute approximate surface area is 184 Å². The van der Waals surface area contributed by atoms with Crippen molar-refractivity contribution >= 4 is 17.2 Å². The van der Waals surface area contributed by atoms with Crippen molar-refractivity contribution in [3.8, 4) is 22.1 Å². The van der Waals surface area contributed by atoms with Crippen LogP contribution in [0.5, 0.6) is 11.5 Å². The highest BCUT2D eigenvalue weighted by molar-refractivity contribution is 7.13. The average Bonchev–Trinajstić information content (AvgIpc) is 3.49. The van der Waals surface area contributed by atoms with Crippen LogP contribution in [0, 0.1) is 5.82 Å². The van der Waals surface area contributed by atoms with Crippen LogP contribution >= 0.6 is 11.3 Å². The molecule has 1 aliphatic rings. The Morgan fingerprint density at radius 2 is 2.16 bits per heavy atom. The molecule has 0 saturated carbocycles. The normalized spacial score (nSPS) is 15.6. The lowest BCUT2D eigenvalue weighted by atomic mass is 10.2. The number of halogens is 1. The highest BCUT2D eigenvalue weighted by atomic mass is 32.1. The molecule has 1 atom stereocenters. The SMILES string of the molecule is COc1cc(CNC(=O)c2csc(-c3ccccc3F)n2)ccc1OCC1CCCO1. The topological polar surface area (TPSA) is 69.7 Å². The van der Waals surface area contributed by atoms with Crippen LogP contribution in [0.25, 0.3) is 10.6 Å². The third kappa shape index (κ3) is 5.21. The summed E-state index contributed by atoms with van der Waals surface area (Å²) >= 11 is 1.23. The predicted octanol–water partition coefficient (Wildman–Crippen LogP) is 4.45. The third-order valence-corrected chi connectivity index (χ3v) is 5.85. The van der Waals surface area contributed by atoms with Crippen molar-refractivity contribution in [2.24, 2.45) is 0 Å². The number of hydrogen-bond acceptors (Lipinski definition) is 6. The smallest absolute Gasteiger partial charge is 0.271 e. The van der Waals surface area contributed by atoms with Gasteiger partial charge in [0.05, 0.1) is 13.2 Å². The lowest BCUT2D eigenvalue weighted by molar-refractivity contribution is 0.0669. The minimum Gasteiger partial charge on any atom is -0.493 e. The van der Waals surface area contributed by atoms with E-state index in [1.807, 2.05) is 18.2 Å². The van der Waals surface area contributed by atoms with Crippen LogP contribution in [0.2, 0.25) is 0 Å². The molecule has 0 bridgehead atoms. The van der Waals surface area contributed by atoms with Gasteiger partial charge in [-0.25, -0.2) is 9.37 Å². The van der Waals surface area contributed by atoms with Crippen molar-refractivity contribution in [2.45, 2.75) is 25.5 Å². The zero-order valence-corrected chi connectivity index (χ0v) is 17.9. The van der Waals surface area contributed by atoms with E-state index in [-0.39, 0.29) is 23.5 Å². The second-order valence-corrected chi connectivity index (χ2v) is 7.99. The van der Waals surface area contributed by atoms with Crippen LogP contribution < -0.4 is 14.8 Å². The summed E-state index contributed by atoms with van der Waals surface area (Å²) in [5.41, 5.74) is 1.50. The summed E-state index contributed by atoms with van der Waals surface area (Å²) in [6.07, 6.45) is 2.18. The standard InChI is InChI=1S/C23H23FN2O4S/c1-28-21-11-15(8-9-20(21)30-13-16-5-4-10-29-16)12-25-22(27)19-14-31-23(26-19)17-6-2-3-7-18(17)24/h2-3,6-9,11,14,16H,4-5,10,12-13H2,1H3,(H,25,27). The maximum absolute atomic E-state index is 13.9. The minimum atomic E-state index is -0.363. The number of nitrogens with zero attached hydrogens (tertiary/aromatic N) is 1. The molecule has 31 heavy (non-hydrogen) atoms. The van der Waals surface area contributed by atoms with Crippen LogP contribution in [-0.4, -0.2) is 37.3 Å². The van der Waals surface area contributed by atoms with E-state index >= 15 is 0 Å². The van der Waals surface area contributed by atoms with Gasteiger partial charge in [-0.2, -0.15) is 0 Å². The van der Waals surface area contributed by atoms with Crippen LogP contribution in [-0.2, 0) is 11.3 Å². The fourth-order valence-electron chi connectivity index (χ4n) is 3.31. The molecule has 1 unspecified atom stereocenters. The molecule has 1 N–H and O–H groups in total. The molecule has 2 aromatic carbocycles. The van der Waals surface area contributed by atoms with Gasteiger partial charge < -0.3 is 19.5 Å². The average molecular weight is 443 g/mol. The summed E-state index contributed by atoms with van der Waals surface area (Å²) < 4.78 is 30.8. The van der Waals surface area contributed by atoms with Crippen molar-refractivity contribution in [3.05, 3.63) is 64.9 Å². The number of methoxy groups -OCH3 is 1. The largest absolute Gasteiger partial charge is 0.493 e. The van der Waals surface area contributed by atoms with Gasteiger partial charge in [0.1, 0.15) is 23.1 Å². The highest BCUT2D eigenvalue weighted by Crippen LogP contribution is 2.29. The van der Waals surface area contributed by atoms with Gasteiger partial charge in [0.15, 0.2) is 11.5 Å². The lowest BCUT2D eigenvalue weighted by Crippen LogP contribution is -2.23. The van der Waals surface area contributed by atoms with Crippen LogP contribution in [0.15, 0.2) is 47.8 Å². The number of aromatic nitrogens is 1. The maximum atomic E-state index is 13.9. The third-order valence-electron chi connectivity index (χ3n) is 4.97. The lowest BCUT2D eigenvalue weighted by Gasteiger charge is -2.15. The predicted molar refractivity (Wildman–Crippen MR) is 116 cm³/mol. The summed E-state index contributed by atoms with van der Waals surface area (Å²) in [7, 11) is 1.58. The van der Waals surface area contributed by atoms with Gasteiger partial charge in [-0.15, -0.1) is 11.3 Å². The number of amides is 1. The second kappa shape index (κ2) is 9.89. The first-order valence-corrected chi connectivity index (χ1v) is 10.9. The molecule has 1 aliphatic heterocycles. The Morgan fingerprint density at radius 1 is 1.29 bits per heavy atom. The Balaban J connectivity index is 1.36. The molecular formula is C23H23FN2O4S. The number of thiazole rings is 1. The van der Waals surface area contributed by atoms with Gasteiger partial charge in [-0.3, -0.25) is 4.79 Å². The van der Waals surface area contributed by atoms with E-state index < -0.39 is 0 Å². The molecule has 1 saturated heterocycles. The van der Waals surface area contributed by atoms with Crippen molar-refractivity contribution < 1.29 is 23.4 Å². The molecule has 162 valence electrons. The summed E-state index contributed by atoms with van der Waals surface area (Å²) in [4.78, 5) is 16.8. The van der Waals surface area contributed by atoms with Crippen molar-refractivity contribution in [2.75, 3.05) is 20.3 Å². The number of nitrogens with one attached hydrogen (secondary N) is 1. The molecule has 1 aromatic heterocycles. The molecule has 0 radical (unpaired) electrons. The van der Waals surface area contributed by atoms with Crippen LogP contribution in [0.4, 0.5) is 4.39 Å². The van der Waals surface area contributed by atoms with Crippen molar-refractivity contribution in [1.29, 1.82) is 0 Å². The highest BCUT2D eigenvalue weighted by Gasteiger charge is 2.18. The van der Waals surface area contributed by atoms with E-state index in [4.69, 9.17) is 14.2 Å². The number of carbonyl (C=O) groups excluding carboxylic acids is 1. The molecule has 1 fully saturated rings. The molecule has 6 nitrogen and oxygen atoms in total. The van der Waals surface area contributed by atoms with Gasteiger partial charge in [0.25, 0.3) is 5.91 Å². The molecular weight excluding hydrogens is 419 g/mol. The maximum Gasteiger partial charge on any atom is 0.271 e. The van der Waals surface area contributed by atoms with E-state index in [0.29, 0.717) is 35.2 Å². The van der Waals surface area contributed by atoms with Crippen molar-refractivity contribution in [1.82, 2.24) is 10.3 Å². The molecule has 0 aliphatic carbocycles. The first-order valence-electron chi connectivity index (χ1n) is 10.0. The van der Waals surface area contributed by atoms with Gasteiger partial charge >= 0.3 is 0 Å². The minimum absolute atomic E-state index is 0.121. The Kier molecular flexibility index (Phi) is 6.79. The van der Waals surface area contributed by atoms with E-state index in [1.54, 1.807) is 30.7 Å². The van der Waals surface area contributed by atoms with E-state index in [9.17, 15) is 9.18 Å². The summed E-state index contributed by atoms with van der Waals surface area (Å²) in [5.74, 6) is 0.552. The van der Waals surface area contributed by atoms with Crippen LogP contribution in [0.3, 0.4) is 0 Å². The second-order valence-electron chi connectivity index (χ2n) is 7.13. The summed E-state index contributed by atoms with van der Waals surface area (Å²) in [6.45, 7) is 1.57. The quantitative estimate of drug-likeness (QED) is 0.558. The summed E-state index contributed by atoms with van der Waals surface area (Å²) in [5, 5.41) is 4.93. The van der Waals surface area contributed by atoms with E-state index in [1.165, 1.54) is 17.4 Å². The fraction of sp³-hybridized carbons (Fsp3) is 0.304. The first kappa shape index (κ1) is 21.3.